The topological polar surface area (TPSA) is 116 Å². The monoisotopic (exact) mass is 566 g/mol. The number of aromatic nitrogens is 2. The number of rotatable bonds is 8. The van der Waals surface area contributed by atoms with Crippen LogP contribution in [0.2, 0.25) is 0 Å². The van der Waals surface area contributed by atoms with E-state index in [0.29, 0.717) is 38.6 Å². The van der Waals surface area contributed by atoms with Gasteiger partial charge in [0.05, 0.1) is 13.2 Å². The fraction of sp³-hybridized carbons (Fsp3) is 0.308. The molecule has 1 aromatic heterocycles. The first-order valence-corrected chi connectivity index (χ1v) is 11.3. The van der Waals surface area contributed by atoms with Crippen LogP contribution in [0, 0.1) is 6.92 Å². The van der Waals surface area contributed by atoms with Gasteiger partial charge < -0.3 is 29.5 Å². The number of ether oxygens (including phenoxy) is 1. The number of aryl methyl sites for hydroxylation is 1. The van der Waals surface area contributed by atoms with Crippen molar-refractivity contribution >= 4 is 18.2 Å². The maximum atomic E-state index is 10.6. The SMILES string of the molecule is Cc1ccc(CCOc2ccc(CO)cc2)cc1.O=[C-]N1CCN(c2ccc(C(=O)O)nn2)CC1.[Y]. The first kappa shape index (κ1) is 29.4. The number of carbonyl (C=O) groups excluding carboxylic acids is 1. The average molecular weight is 566 g/mol. The van der Waals surface area contributed by atoms with Crippen molar-refractivity contribution in [3.8, 4) is 5.75 Å². The molecule has 1 amide bonds. The molecule has 1 aliphatic rings. The summed E-state index contributed by atoms with van der Waals surface area (Å²) in [5, 5.41) is 25.1. The van der Waals surface area contributed by atoms with E-state index in [1.165, 1.54) is 17.2 Å². The second-order valence-electron chi connectivity index (χ2n) is 8.03. The number of amides is 1. The van der Waals surface area contributed by atoms with Gasteiger partial charge in [0, 0.05) is 65.3 Å². The fourth-order valence-corrected chi connectivity index (χ4v) is 3.37. The molecule has 3 aromatic rings. The van der Waals surface area contributed by atoms with Gasteiger partial charge in [-0.2, -0.15) is 6.41 Å². The number of carboxylic acid groups (broad SMARTS) is 1. The van der Waals surface area contributed by atoms with Crippen LogP contribution in [-0.2, 0) is 50.5 Å². The zero-order valence-corrected chi connectivity index (χ0v) is 23.0. The second-order valence-corrected chi connectivity index (χ2v) is 8.03. The number of hydrogen-bond donors (Lipinski definition) is 2. The van der Waals surface area contributed by atoms with Gasteiger partial charge >= 0.3 is 5.97 Å². The van der Waals surface area contributed by atoms with E-state index in [-0.39, 0.29) is 45.0 Å². The number of carbonyl (C=O) groups is 1. The Hall–Kier alpha value is -2.88. The number of aliphatic hydroxyl groups is 1. The van der Waals surface area contributed by atoms with Crippen molar-refractivity contribution in [1.29, 1.82) is 0 Å². The van der Waals surface area contributed by atoms with E-state index in [2.05, 4.69) is 41.4 Å². The van der Waals surface area contributed by atoms with E-state index in [1.807, 2.05) is 35.6 Å². The van der Waals surface area contributed by atoms with Gasteiger partial charge in [-0.15, -0.1) is 10.2 Å². The number of nitrogens with zero attached hydrogens (tertiary/aromatic N) is 4. The molecule has 10 heteroatoms. The maximum Gasteiger partial charge on any atom is 0.356 e. The van der Waals surface area contributed by atoms with Gasteiger partial charge in [-0.25, -0.2) is 4.79 Å². The third-order valence-corrected chi connectivity index (χ3v) is 5.49. The van der Waals surface area contributed by atoms with Crippen LogP contribution in [-0.4, -0.2) is 70.5 Å². The first-order chi connectivity index (χ1) is 17.0. The van der Waals surface area contributed by atoms with E-state index in [1.54, 1.807) is 11.0 Å². The van der Waals surface area contributed by atoms with Gasteiger partial charge in [-0.3, -0.25) is 0 Å². The summed E-state index contributed by atoms with van der Waals surface area (Å²) in [5.74, 6) is 0.379. The van der Waals surface area contributed by atoms with Crippen LogP contribution in [0.5, 0.6) is 5.75 Å². The zero-order valence-electron chi connectivity index (χ0n) is 20.2. The Balaban J connectivity index is 0.000000247. The van der Waals surface area contributed by atoms with Gasteiger partial charge in [0.2, 0.25) is 0 Å². The Morgan fingerprint density at radius 2 is 1.58 bits per heavy atom. The van der Waals surface area contributed by atoms with E-state index in [4.69, 9.17) is 14.9 Å². The summed E-state index contributed by atoms with van der Waals surface area (Å²) in [6, 6.07) is 19.1. The van der Waals surface area contributed by atoms with Crippen LogP contribution in [0.1, 0.15) is 27.2 Å². The van der Waals surface area contributed by atoms with Crippen LogP contribution >= 0.6 is 0 Å². The molecule has 187 valence electrons. The van der Waals surface area contributed by atoms with Crippen molar-refractivity contribution in [2.75, 3.05) is 37.7 Å². The Morgan fingerprint density at radius 1 is 0.944 bits per heavy atom. The number of carboxylic acids is 1. The molecule has 1 radical (unpaired) electrons. The molecule has 9 nitrogen and oxygen atoms in total. The molecular weight excluding hydrogens is 537 g/mol. The van der Waals surface area contributed by atoms with Crippen molar-refractivity contribution in [3.05, 3.63) is 83.0 Å². The summed E-state index contributed by atoms with van der Waals surface area (Å²) in [7, 11) is 0. The predicted octanol–water partition coefficient (Wildman–Crippen LogP) is 2.47. The van der Waals surface area contributed by atoms with Crippen molar-refractivity contribution in [2.45, 2.75) is 20.0 Å². The summed E-state index contributed by atoms with van der Waals surface area (Å²) in [6.07, 6.45) is 2.75. The van der Waals surface area contributed by atoms with E-state index >= 15 is 0 Å². The quantitative estimate of drug-likeness (QED) is 0.400. The predicted molar refractivity (Wildman–Crippen MR) is 131 cm³/mol. The molecule has 1 aliphatic heterocycles. The molecule has 0 bridgehead atoms. The van der Waals surface area contributed by atoms with Gasteiger partial charge in [-0.05, 0) is 42.3 Å². The number of benzene rings is 2. The van der Waals surface area contributed by atoms with Crippen LogP contribution in [0.25, 0.3) is 0 Å². The molecule has 2 aromatic carbocycles. The van der Waals surface area contributed by atoms with Crippen LogP contribution in [0.3, 0.4) is 0 Å². The first-order valence-electron chi connectivity index (χ1n) is 11.3. The fourth-order valence-electron chi connectivity index (χ4n) is 3.37. The van der Waals surface area contributed by atoms with Crippen LogP contribution in [0.15, 0.2) is 60.7 Å². The second kappa shape index (κ2) is 15.3. The van der Waals surface area contributed by atoms with Gasteiger partial charge in [0.15, 0.2) is 11.5 Å². The molecule has 0 atom stereocenters. The third-order valence-electron chi connectivity index (χ3n) is 5.49. The minimum Gasteiger partial charge on any atom is -0.520 e. The van der Waals surface area contributed by atoms with E-state index in [9.17, 15) is 9.59 Å². The molecule has 0 spiro atoms. The Bertz CT molecular complexity index is 1070. The molecule has 2 heterocycles. The summed E-state index contributed by atoms with van der Waals surface area (Å²) in [6.45, 7) is 5.30. The minimum absolute atomic E-state index is 0. The standard InChI is InChI=1S/C16H18O2.C10H11N4O3.Y/c1-13-2-4-14(5-3-13)10-11-18-16-8-6-15(12-17)7-9-16;15-7-13-3-5-14(6-4-13)9-2-1-8(10(16)17)11-12-9;/h2-9,17H,10-12H2,1H3;1-2H,3-6H2,(H,16,17);/q;-1;. The Labute approximate surface area is 236 Å². The van der Waals surface area contributed by atoms with Crippen LogP contribution in [0.4, 0.5) is 5.82 Å². The molecule has 0 unspecified atom stereocenters. The van der Waals surface area contributed by atoms with Gasteiger partial charge in [0.1, 0.15) is 5.75 Å². The number of hydrogen-bond acceptors (Lipinski definition) is 7. The minimum atomic E-state index is -1.09. The Morgan fingerprint density at radius 3 is 2.11 bits per heavy atom. The normalized spacial score (nSPS) is 12.6. The summed E-state index contributed by atoms with van der Waals surface area (Å²) in [5.41, 5.74) is 3.39. The van der Waals surface area contributed by atoms with Gasteiger partial charge in [-0.1, -0.05) is 42.0 Å². The Kier molecular flexibility index (Phi) is 12.5. The number of aromatic carboxylic acids is 1. The molecule has 36 heavy (non-hydrogen) atoms. The molecule has 4 rings (SSSR count). The van der Waals surface area contributed by atoms with Crippen molar-refractivity contribution in [2.24, 2.45) is 0 Å². The molecule has 1 fully saturated rings. The van der Waals surface area contributed by atoms with Crippen molar-refractivity contribution in [3.63, 3.8) is 0 Å². The number of anilines is 1. The maximum absolute atomic E-state index is 10.6. The van der Waals surface area contributed by atoms with Crippen molar-refractivity contribution < 1.29 is 57.2 Å². The summed E-state index contributed by atoms with van der Waals surface area (Å²) >= 11 is 0. The van der Waals surface area contributed by atoms with Gasteiger partial charge in [0.25, 0.3) is 0 Å². The third kappa shape index (κ3) is 9.29. The average Bonchev–Trinajstić information content (AvgIpc) is 2.91. The molecule has 1 saturated heterocycles. The van der Waals surface area contributed by atoms with E-state index < -0.39 is 5.97 Å². The van der Waals surface area contributed by atoms with Crippen molar-refractivity contribution in [1.82, 2.24) is 15.1 Å². The number of piperazine rings is 1. The summed E-state index contributed by atoms with van der Waals surface area (Å²) in [4.78, 5) is 24.5. The molecular formula is C26H29N4O5Y-. The van der Waals surface area contributed by atoms with E-state index in [0.717, 1.165) is 17.7 Å². The molecule has 2 N–H and O–H groups in total. The van der Waals surface area contributed by atoms with Crippen LogP contribution < -0.4 is 9.64 Å². The largest absolute Gasteiger partial charge is 0.520 e. The zero-order chi connectivity index (χ0) is 25.0. The molecule has 0 aliphatic carbocycles. The summed E-state index contributed by atoms with van der Waals surface area (Å²) < 4.78 is 5.66. The smallest absolute Gasteiger partial charge is 0.356 e. The molecule has 0 saturated carbocycles. The number of aliphatic hydroxyl groups excluding tert-OH is 1.